The molecule has 1 atom stereocenters. The highest BCUT2D eigenvalue weighted by atomic mass is 32.1. The summed E-state index contributed by atoms with van der Waals surface area (Å²) in [6.45, 7) is 0.429. The van der Waals surface area contributed by atoms with Crippen LogP contribution >= 0.6 is 11.3 Å². The highest BCUT2D eigenvalue weighted by molar-refractivity contribution is 7.13. The molecule has 2 N–H and O–H groups in total. The first kappa shape index (κ1) is 21.4. The van der Waals surface area contributed by atoms with Crippen LogP contribution in [0.25, 0.3) is 22.4 Å². The van der Waals surface area contributed by atoms with Crippen molar-refractivity contribution in [3.8, 4) is 11.4 Å². The van der Waals surface area contributed by atoms with Gasteiger partial charge in [0, 0.05) is 35.9 Å². The summed E-state index contributed by atoms with van der Waals surface area (Å²) < 4.78 is 55.4. The maximum atomic E-state index is 13.9. The molecule has 11 heteroatoms. The normalized spacial score (nSPS) is 16.5. The van der Waals surface area contributed by atoms with E-state index in [0.29, 0.717) is 29.3 Å². The Morgan fingerprint density at radius 3 is 2.79 bits per heavy atom. The molecule has 0 unspecified atom stereocenters. The van der Waals surface area contributed by atoms with Crippen LogP contribution in [0.1, 0.15) is 22.3 Å². The maximum absolute atomic E-state index is 13.9. The van der Waals surface area contributed by atoms with Gasteiger partial charge in [0.2, 0.25) is 0 Å². The van der Waals surface area contributed by atoms with Gasteiger partial charge in [0.15, 0.2) is 5.13 Å². The third-order valence-electron chi connectivity index (χ3n) is 5.47. The van der Waals surface area contributed by atoms with Crippen molar-refractivity contribution >= 4 is 39.1 Å². The number of nitrogens with zero attached hydrogens (tertiary/aromatic N) is 3. The van der Waals surface area contributed by atoms with Crippen LogP contribution in [0.15, 0.2) is 48.0 Å². The second kappa shape index (κ2) is 8.14. The quantitative estimate of drug-likeness (QED) is 0.382. The summed E-state index contributed by atoms with van der Waals surface area (Å²) in [7, 11) is 0. The van der Waals surface area contributed by atoms with Crippen molar-refractivity contribution in [2.24, 2.45) is 0 Å². The Labute approximate surface area is 189 Å². The Balaban J connectivity index is 1.55. The number of thiazole rings is 1. The summed E-state index contributed by atoms with van der Waals surface area (Å²) in [5.74, 6) is -0.474. The molecule has 0 bridgehead atoms. The van der Waals surface area contributed by atoms with Crippen LogP contribution in [0.4, 0.5) is 28.4 Å². The van der Waals surface area contributed by atoms with Crippen LogP contribution in [0.2, 0.25) is 0 Å². The lowest BCUT2D eigenvalue weighted by Gasteiger charge is -2.20. The zero-order valence-corrected chi connectivity index (χ0v) is 17.8. The number of carbonyl (C=O) groups is 1. The number of aromatic nitrogens is 3. The minimum absolute atomic E-state index is 0.0110. The third-order valence-corrected chi connectivity index (χ3v) is 6.16. The molecule has 0 aliphatic carbocycles. The van der Waals surface area contributed by atoms with E-state index in [-0.39, 0.29) is 29.0 Å². The lowest BCUT2D eigenvalue weighted by Crippen LogP contribution is -2.21. The molecule has 2 aromatic heterocycles. The number of imidazole rings is 1. The van der Waals surface area contributed by atoms with Gasteiger partial charge < -0.3 is 9.88 Å². The number of halogens is 4. The molecule has 170 valence electrons. The number of nitrogens with one attached hydrogen (secondary N) is 2. The van der Waals surface area contributed by atoms with E-state index in [2.05, 4.69) is 20.3 Å². The number of benzene rings is 2. The van der Waals surface area contributed by atoms with Crippen molar-refractivity contribution in [3.05, 3.63) is 59.1 Å². The fraction of sp³-hybridized carbons (Fsp3) is 0.227. The number of H-pyrrole nitrogens is 1. The fourth-order valence-corrected chi connectivity index (χ4v) is 4.44. The van der Waals surface area contributed by atoms with E-state index in [1.165, 1.54) is 23.5 Å². The van der Waals surface area contributed by atoms with Crippen LogP contribution in [-0.4, -0.2) is 40.1 Å². The smallest absolute Gasteiger partial charge is 0.368 e. The molecule has 1 amide bonds. The second-order valence-electron chi connectivity index (χ2n) is 7.64. The third kappa shape index (κ3) is 4.15. The van der Waals surface area contributed by atoms with Gasteiger partial charge in [-0.2, -0.15) is 13.2 Å². The minimum atomic E-state index is -4.65. The van der Waals surface area contributed by atoms with Crippen molar-refractivity contribution in [1.82, 2.24) is 15.0 Å². The van der Waals surface area contributed by atoms with Crippen LogP contribution in [-0.2, 0) is 6.18 Å². The monoisotopic (exact) mass is 475 g/mol. The molecule has 0 spiro atoms. The van der Waals surface area contributed by atoms with Gasteiger partial charge >= 0.3 is 6.18 Å². The number of alkyl halides is 4. The van der Waals surface area contributed by atoms with Gasteiger partial charge in [-0.1, -0.05) is 6.07 Å². The highest BCUT2D eigenvalue weighted by Crippen LogP contribution is 2.39. The van der Waals surface area contributed by atoms with E-state index in [9.17, 15) is 22.4 Å². The molecule has 6 nitrogen and oxygen atoms in total. The van der Waals surface area contributed by atoms with Gasteiger partial charge in [-0.05, 0) is 36.8 Å². The van der Waals surface area contributed by atoms with Gasteiger partial charge in [0.05, 0.1) is 16.6 Å². The van der Waals surface area contributed by atoms with E-state index >= 15 is 0 Å². The minimum Gasteiger partial charge on any atom is -0.368 e. The Hall–Kier alpha value is -3.47. The molecule has 0 saturated carbocycles. The number of hydrogen-bond donors (Lipinski definition) is 2. The van der Waals surface area contributed by atoms with E-state index in [1.54, 1.807) is 34.7 Å². The standard InChI is InChI=1S/C22H17F4N5OS/c23-12-6-8-31(11-12)13-4-5-14(16(10-13)22(24,25)26)19-28-17-3-1-2-15(18(17)29-19)20(32)30-21-27-7-9-33-21/h1-5,7,9-10,12H,6,8,11H2,(H,28,29)(H,27,30,32)/t12-/m1/s1. The van der Waals surface area contributed by atoms with Crippen molar-refractivity contribution < 1.29 is 22.4 Å². The summed E-state index contributed by atoms with van der Waals surface area (Å²) in [4.78, 5) is 25.5. The summed E-state index contributed by atoms with van der Waals surface area (Å²) in [5.41, 5.74) is 0.166. The molecular formula is C22H17F4N5OS. The van der Waals surface area contributed by atoms with Crippen molar-refractivity contribution in [2.45, 2.75) is 18.8 Å². The number of aromatic amines is 1. The molecule has 4 aromatic rings. The van der Waals surface area contributed by atoms with Gasteiger partial charge in [-0.3, -0.25) is 10.1 Å². The lowest BCUT2D eigenvalue weighted by atomic mass is 10.0. The number of carbonyl (C=O) groups excluding carboxylic acids is 1. The first-order valence-corrected chi connectivity index (χ1v) is 11.0. The largest absolute Gasteiger partial charge is 0.417 e. The molecule has 0 radical (unpaired) electrons. The second-order valence-corrected chi connectivity index (χ2v) is 8.53. The number of para-hydroxylation sites is 1. The zero-order chi connectivity index (χ0) is 23.2. The van der Waals surface area contributed by atoms with Gasteiger partial charge in [-0.15, -0.1) is 11.3 Å². The predicted octanol–water partition coefficient (Wildman–Crippen LogP) is 5.51. The van der Waals surface area contributed by atoms with Crippen LogP contribution in [0.3, 0.4) is 0 Å². The molecule has 1 aliphatic heterocycles. The Kier molecular flexibility index (Phi) is 5.28. The van der Waals surface area contributed by atoms with E-state index in [1.807, 2.05) is 0 Å². The number of hydrogen-bond acceptors (Lipinski definition) is 5. The van der Waals surface area contributed by atoms with E-state index in [0.717, 1.165) is 6.07 Å². The molecule has 1 fully saturated rings. The summed E-state index contributed by atoms with van der Waals surface area (Å²) in [6.07, 6.45) is -3.86. The fourth-order valence-electron chi connectivity index (χ4n) is 3.91. The summed E-state index contributed by atoms with van der Waals surface area (Å²) >= 11 is 1.25. The zero-order valence-electron chi connectivity index (χ0n) is 17.0. The van der Waals surface area contributed by atoms with Gasteiger partial charge in [-0.25, -0.2) is 14.4 Å². The van der Waals surface area contributed by atoms with Crippen LogP contribution in [0.5, 0.6) is 0 Å². The van der Waals surface area contributed by atoms with Gasteiger partial charge in [0.25, 0.3) is 5.91 Å². The van der Waals surface area contributed by atoms with Crippen molar-refractivity contribution in [1.29, 1.82) is 0 Å². The van der Waals surface area contributed by atoms with Crippen molar-refractivity contribution in [2.75, 3.05) is 23.3 Å². The molecule has 3 heterocycles. The lowest BCUT2D eigenvalue weighted by molar-refractivity contribution is -0.137. The van der Waals surface area contributed by atoms with Crippen LogP contribution in [0, 0.1) is 0 Å². The topological polar surface area (TPSA) is 73.9 Å². The van der Waals surface area contributed by atoms with E-state index < -0.39 is 23.8 Å². The Bertz CT molecular complexity index is 1320. The van der Waals surface area contributed by atoms with Crippen LogP contribution < -0.4 is 10.2 Å². The summed E-state index contributed by atoms with van der Waals surface area (Å²) in [5, 5.41) is 4.77. The average molecular weight is 475 g/mol. The molecule has 33 heavy (non-hydrogen) atoms. The highest BCUT2D eigenvalue weighted by Gasteiger charge is 2.36. The Morgan fingerprint density at radius 2 is 2.09 bits per heavy atom. The average Bonchev–Trinajstić information content (AvgIpc) is 3.53. The Morgan fingerprint density at radius 1 is 1.24 bits per heavy atom. The molecule has 1 saturated heterocycles. The maximum Gasteiger partial charge on any atom is 0.417 e. The first-order valence-electron chi connectivity index (χ1n) is 10.1. The van der Waals surface area contributed by atoms with Crippen molar-refractivity contribution in [3.63, 3.8) is 0 Å². The molecule has 2 aromatic carbocycles. The van der Waals surface area contributed by atoms with E-state index in [4.69, 9.17) is 0 Å². The number of rotatable bonds is 4. The molecule has 1 aliphatic rings. The number of anilines is 2. The number of amides is 1. The molecular weight excluding hydrogens is 458 g/mol. The molecule has 5 rings (SSSR count). The summed E-state index contributed by atoms with van der Waals surface area (Å²) in [6, 6.07) is 8.69. The van der Waals surface area contributed by atoms with Gasteiger partial charge in [0.1, 0.15) is 17.5 Å². The SMILES string of the molecule is O=C(Nc1nccs1)c1cccc2[nH]c(-c3ccc(N4CC[C@@H](F)C4)cc3C(F)(F)F)nc12. The first-order chi connectivity index (χ1) is 15.8. The predicted molar refractivity (Wildman–Crippen MR) is 118 cm³/mol. The number of fused-ring (bicyclic) bond motifs is 1.